The van der Waals surface area contributed by atoms with Crippen LogP contribution in [0.2, 0.25) is 0 Å². The largest absolute Gasteiger partial charge is 0.416 e. The lowest BCUT2D eigenvalue weighted by molar-refractivity contribution is -0.137. The standard InChI is InChI=1S/C13H13F3N2S/c1-8(17)5-11-7-19-12(18-11)9-3-2-4-10(6-9)13(14,15)16/h2-4,6-8H,5,17H2,1H3. The van der Waals surface area contributed by atoms with Gasteiger partial charge in [0.05, 0.1) is 11.3 Å². The maximum Gasteiger partial charge on any atom is 0.416 e. The molecule has 1 aromatic carbocycles. The van der Waals surface area contributed by atoms with Crippen LogP contribution >= 0.6 is 11.3 Å². The van der Waals surface area contributed by atoms with E-state index in [2.05, 4.69) is 4.98 Å². The van der Waals surface area contributed by atoms with Gasteiger partial charge in [0.15, 0.2) is 0 Å². The maximum atomic E-state index is 12.6. The quantitative estimate of drug-likeness (QED) is 0.934. The van der Waals surface area contributed by atoms with Crippen molar-refractivity contribution >= 4 is 11.3 Å². The average molecular weight is 286 g/mol. The van der Waals surface area contributed by atoms with E-state index in [1.54, 1.807) is 6.07 Å². The number of rotatable bonds is 3. The Kier molecular flexibility index (Phi) is 3.91. The Balaban J connectivity index is 2.29. The summed E-state index contributed by atoms with van der Waals surface area (Å²) in [5.41, 5.74) is 6.31. The highest BCUT2D eigenvalue weighted by atomic mass is 32.1. The third kappa shape index (κ3) is 3.54. The van der Waals surface area contributed by atoms with Crippen molar-refractivity contribution in [3.63, 3.8) is 0 Å². The van der Waals surface area contributed by atoms with E-state index < -0.39 is 11.7 Å². The third-order valence-corrected chi connectivity index (χ3v) is 3.46. The summed E-state index contributed by atoms with van der Waals surface area (Å²) in [6.07, 6.45) is -3.71. The number of nitrogens with two attached hydrogens (primary N) is 1. The molecule has 0 amide bonds. The predicted molar refractivity (Wildman–Crippen MR) is 69.9 cm³/mol. The van der Waals surface area contributed by atoms with Gasteiger partial charge < -0.3 is 5.73 Å². The Labute approximate surface area is 113 Å². The van der Waals surface area contributed by atoms with Crippen LogP contribution in [0, 0.1) is 0 Å². The first-order chi connectivity index (χ1) is 8.86. The molecule has 0 aliphatic rings. The molecular weight excluding hydrogens is 273 g/mol. The monoisotopic (exact) mass is 286 g/mol. The zero-order valence-corrected chi connectivity index (χ0v) is 11.1. The van der Waals surface area contributed by atoms with E-state index in [0.717, 1.165) is 17.8 Å². The van der Waals surface area contributed by atoms with Crippen LogP contribution in [0.3, 0.4) is 0 Å². The van der Waals surface area contributed by atoms with Crippen molar-refractivity contribution in [3.8, 4) is 10.6 Å². The minimum Gasteiger partial charge on any atom is -0.328 e. The van der Waals surface area contributed by atoms with Crippen molar-refractivity contribution in [3.05, 3.63) is 40.9 Å². The van der Waals surface area contributed by atoms with Gasteiger partial charge in [-0.3, -0.25) is 0 Å². The van der Waals surface area contributed by atoms with Crippen molar-refractivity contribution < 1.29 is 13.2 Å². The van der Waals surface area contributed by atoms with E-state index in [1.807, 2.05) is 12.3 Å². The molecule has 102 valence electrons. The number of aromatic nitrogens is 1. The summed E-state index contributed by atoms with van der Waals surface area (Å²) in [6, 6.07) is 5.18. The Morgan fingerprint density at radius 2 is 2.11 bits per heavy atom. The normalized spacial score (nSPS) is 13.5. The Bertz CT molecular complexity index is 561. The first-order valence-corrected chi connectivity index (χ1v) is 6.62. The van der Waals surface area contributed by atoms with Gasteiger partial charge in [0.1, 0.15) is 5.01 Å². The summed E-state index contributed by atoms with van der Waals surface area (Å²) < 4.78 is 37.9. The van der Waals surface area contributed by atoms with Crippen LogP contribution in [0.15, 0.2) is 29.6 Å². The van der Waals surface area contributed by atoms with E-state index in [4.69, 9.17) is 5.73 Å². The van der Waals surface area contributed by atoms with Crippen LogP contribution in [0.25, 0.3) is 10.6 Å². The molecule has 1 unspecified atom stereocenters. The molecule has 2 nitrogen and oxygen atoms in total. The Morgan fingerprint density at radius 1 is 1.37 bits per heavy atom. The lowest BCUT2D eigenvalue weighted by atomic mass is 10.1. The van der Waals surface area contributed by atoms with Gasteiger partial charge >= 0.3 is 6.18 Å². The van der Waals surface area contributed by atoms with Gasteiger partial charge in [-0.05, 0) is 19.1 Å². The fourth-order valence-corrected chi connectivity index (χ4v) is 2.52. The Morgan fingerprint density at radius 3 is 2.74 bits per heavy atom. The van der Waals surface area contributed by atoms with Crippen LogP contribution in [0.5, 0.6) is 0 Å². The molecule has 2 aromatic rings. The van der Waals surface area contributed by atoms with Crippen LogP contribution in [-0.2, 0) is 12.6 Å². The molecule has 0 saturated carbocycles. The van der Waals surface area contributed by atoms with Crippen molar-refractivity contribution in [1.82, 2.24) is 4.98 Å². The summed E-state index contributed by atoms with van der Waals surface area (Å²) in [7, 11) is 0. The average Bonchev–Trinajstić information content (AvgIpc) is 2.76. The van der Waals surface area contributed by atoms with Gasteiger partial charge in [0.2, 0.25) is 0 Å². The topological polar surface area (TPSA) is 38.9 Å². The number of halogens is 3. The first-order valence-electron chi connectivity index (χ1n) is 5.74. The smallest absolute Gasteiger partial charge is 0.328 e. The second-order valence-electron chi connectivity index (χ2n) is 4.40. The SMILES string of the molecule is CC(N)Cc1csc(-c2cccc(C(F)(F)F)c2)n1. The van der Waals surface area contributed by atoms with Crippen LogP contribution < -0.4 is 5.73 Å². The molecular formula is C13H13F3N2S. The second kappa shape index (κ2) is 5.30. The highest BCUT2D eigenvalue weighted by Gasteiger charge is 2.30. The molecule has 1 aromatic heterocycles. The Hall–Kier alpha value is -1.40. The molecule has 1 heterocycles. The van der Waals surface area contributed by atoms with Gasteiger partial charge in [0.25, 0.3) is 0 Å². The summed E-state index contributed by atoms with van der Waals surface area (Å²) in [4.78, 5) is 4.31. The molecule has 0 saturated heterocycles. The van der Waals surface area contributed by atoms with Gasteiger partial charge in [-0.15, -0.1) is 11.3 Å². The first kappa shape index (κ1) is 14.0. The zero-order valence-electron chi connectivity index (χ0n) is 10.2. The van der Waals surface area contributed by atoms with Gasteiger partial charge in [-0.2, -0.15) is 13.2 Å². The molecule has 19 heavy (non-hydrogen) atoms. The lowest BCUT2D eigenvalue weighted by Crippen LogP contribution is -2.17. The van der Waals surface area contributed by atoms with Crippen molar-refractivity contribution in [1.29, 1.82) is 0 Å². The summed E-state index contributed by atoms with van der Waals surface area (Å²) in [6.45, 7) is 1.86. The molecule has 0 fully saturated rings. The lowest BCUT2D eigenvalue weighted by Gasteiger charge is -2.07. The summed E-state index contributed by atoms with van der Waals surface area (Å²) in [5.74, 6) is 0. The summed E-state index contributed by atoms with van der Waals surface area (Å²) in [5, 5.41) is 2.42. The highest BCUT2D eigenvalue weighted by molar-refractivity contribution is 7.13. The molecule has 1 atom stereocenters. The molecule has 2 N–H and O–H groups in total. The summed E-state index contributed by atoms with van der Waals surface area (Å²) >= 11 is 1.33. The van der Waals surface area contributed by atoms with Gasteiger partial charge in [-0.25, -0.2) is 4.98 Å². The maximum absolute atomic E-state index is 12.6. The van der Waals surface area contributed by atoms with E-state index in [1.165, 1.54) is 17.4 Å². The minimum atomic E-state index is -4.33. The fourth-order valence-electron chi connectivity index (χ4n) is 1.69. The fraction of sp³-hybridized carbons (Fsp3) is 0.308. The second-order valence-corrected chi connectivity index (χ2v) is 5.26. The number of thiazole rings is 1. The zero-order chi connectivity index (χ0) is 14.0. The number of nitrogens with zero attached hydrogens (tertiary/aromatic N) is 1. The highest BCUT2D eigenvalue weighted by Crippen LogP contribution is 2.33. The van der Waals surface area contributed by atoms with Gasteiger partial charge in [-0.1, -0.05) is 12.1 Å². The molecule has 6 heteroatoms. The predicted octanol–water partition coefficient (Wildman–Crippen LogP) is 3.72. The van der Waals surface area contributed by atoms with E-state index in [0.29, 0.717) is 17.0 Å². The van der Waals surface area contributed by atoms with Crippen LogP contribution in [-0.4, -0.2) is 11.0 Å². The number of hydrogen-bond acceptors (Lipinski definition) is 3. The van der Waals surface area contributed by atoms with Crippen molar-refractivity contribution in [2.24, 2.45) is 5.73 Å². The van der Waals surface area contributed by atoms with Crippen LogP contribution in [0.4, 0.5) is 13.2 Å². The van der Waals surface area contributed by atoms with E-state index >= 15 is 0 Å². The minimum absolute atomic E-state index is 0.0172. The number of hydrogen-bond donors (Lipinski definition) is 1. The van der Waals surface area contributed by atoms with E-state index in [9.17, 15) is 13.2 Å². The molecule has 2 rings (SSSR count). The van der Waals surface area contributed by atoms with E-state index in [-0.39, 0.29) is 6.04 Å². The van der Waals surface area contributed by atoms with Crippen molar-refractivity contribution in [2.75, 3.05) is 0 Å². The third-order valence-electron chi connectivity index (χ3n) is 2.52. The molecule has 0 bridgehead atoms. The molecule has 0 aliphatic carbocycles. The number of benzene rings is 1. The number of alkyl halides is 3. The molecule has 0 radical (unpaired) electrons. The molecule has 0 spiro atoms. The molecule has 0 aliphatic heterocycles. The van der Waals surface area contributed by atoms with Gasteiger partial charge in [0, 0.05) is 23.4 Å². The van der Waals surface area contributed by atoms with Crippen LogP contribution in [0.1, 0.15) is 18.2 Å². The van der Waals surface area contributed by atoms with Crippen molar-refractivity contribution in [2.45, 2.75) is 25.6 Å².